The van der Waals surface area contributed by atoms with Gasteiger partial charge in [-0.2, -0.15) is 0 Å². The highest BCUT2D eigenvalue weighted by molar-refractivity contribution is 6.02. The number of hydrogen-bond donors (Lipinski definition) is 1. The van der Waals surface area contributed by atoms with Crippen LogP contribution in [0.25, 0.3) is 11.1 Å². The summed E-state index contributed by atoms with van der Waals surface area (Å²) in [6, 6.07) is 14.2. The second-order valence-corrected chi connectivity index (χ2v) is 9.55. The zero-order valence-corrected chi connectivity index (χ0v) is 22.7. The second kappa shape index (κ2) is 12.1. The van der Waals surface area contributed by atoms with E-state index in [0.29, 0.717) is 36.4 Å². The van der Waals surface area contributed by atoms with E-state index in [0.717, 1.165) is 41.2 Å². The highest BCUT2D eigenvalue weighted by Crippen LogP contribution is 2.36. The molecule has 1 fully saturated rings. The molecular formula is C30H37N3O5. The maximum absolute atomic E-state index is 12.8. The van der Waals surface area contributed by atoms with Crippen molar-refractivity contribution >= 4 is 17.6 Å². The Morgan fingerprint density at radius 1 is 0.921 bits per heavy atom. The van der Waals surface area contributed by atoms with Gasteiger partial charge in [-0.1, -0.05) is 18.2 Å². The summed E-state index contributed by atoms with van der Waals surface area (Å²) in [5, 5.41) is 0. The van der Waals surface area contributed by atoms with E-state index >= 15 is 0 Å². The van der Waals surface area contributed by atoms with Crippen LogP contribution in [-0.4, -0.2) is 50.9 Å². The molecule has 0 saturated carbocycles. The number of rotatable bonds is 11. The summed E-state index contributed by atoms with van der Waals surface area (Å²) in [5.74, 6) is 0.552. The molecule has 2 aromatic carbocycles. The van der Waals surface area contributed by atoms with Gasteiger partial charge in [0.15, 0.2) is 11.5 Å². The van der Waals surface area contributed by atoms with E-state index in [1.54, 1.807) is 14.2 Å². The number of esters is 1. The fourth-order valence-corrected chi connectivity index (χ4v) is 5.39. The number of carbonyl (C=O) groups is 2. The summed E-state index contributed by atoms with van der Waals surface area (Å²) in [7, 11) is 4.61. The van der Waals surface area contributed by atoms with Crippen molar-refractivity contribution in [3.63, 3.8) is 0 Å². The monoisotopic (exact) mass is 519 g/mol. The maximum atomic E-state index is 12.8. The van der Waals surface area contributed by atoms with Crippen LogP contribution in [0.4, 0.5) is 5.69 Å². The molecule has 38 heavy (non-hydrogen) atoms. The Hall–Kier alpha value is -3.94. The molecule has 2 N–H and O–H groups in total. The van der Waals surface area contributed by atoms with Crippen LogP contribution in [0.15, 0.2) is 42.5 Å². The highest BCUT2D eigenvalue weighted by Gasteiger charge is 2.25. The Morgan fingerprint density at radius 2 is 1.61 bits per heavy atom. The lowest BCUT2D eigenvalue weighted by Crippen LogP contribution is -2.17. The molecule has 1 aliphatic rings. The molecule has 0 unspecified atom stereocenters. The lowest BCUT2D eigenvalue weighted by atomic mass is 9.97. The van der Waals surface area contributed by atoms with Gasteiger partial charge in [0.25, 0.3) is 5.91 Å². The number of methoxy groups -OCH3 is 3. The van der Waals surface area contributed by atoms with Crippen LogP contribution in [0.2, 0.25) is 0 Å². The van der Waals surface area contributed by atoms with Crippen molar-refractivity contribution in [2.45, 2.75) is 45.6 Å². The van der Waals surface area contributed by atoms with Crippen molar-refractivity contribution in [1.29, 1.82) is 0 Å². The van der Waals surface area contributed by atoms with Gasteiger partial charge in [-0.05, 0) is 68.0 Å². The third-order valence-electron chi connectivity index (χ3n) is 7.37. The average Bonchev–Trinajstić information content (AvgIpc) is 3.57. The number of hydrogen-bond acceptors (Lipinski definition) is 6. The third-order valence-corrected chi connectivity index (χ3v) is 7.37. The number of amides is 1. The Labute approximate surface area is 224 Å². The van der Waals surface area contributed by atoms with Crippen LogP contribution in [-0.2, 0) is 28.9 Å². The Bertz CT molecular complexity index is 1290. The minimum atomic E-state index is -0.481. The van der Waals surface area contributed by atoms with E-state index < -0.39 is 5.91 Å². The molecule has 0 aliphatic carbocycles. The molecular weight excluding hydrogens is 482 g/mol. The molecule has 3 aromatic rings. The van der Waals surface area contributed by atoms with E-state index in [-0.39, 0.29) is 12.4 Å². The van der Waals surface area contributed by atoms with Crippen molar-refractivity contribution in [1.82, 2.24) is 4.57 Å². The molecule has 8 heteroatoms. The Balaban J connectivity index is 1.74. The third kappa shape index (κ3) is 5.64. The molecule has 0 atom stereocenters. The van der Waals surface area contributed by atoms with Crippen molar-refractivity contribution in [2.75, 3.05) is 39.3 Å². The first-order valence-electron chi connectivity index (χ1n) is 13.0. The van der Waals surface area contributed by atoms with E-state index in [9.17, 15) is 9.59 Å². The Kier molecular flexibility index (Phi) is 8.61. The van der Waals surface area contributed by atoms with Gasteiger partial charge in [0, 0.05) is 42.3 Å². The first kappa shape index (κ1) is 27.1. The standard InChI is InChI=1S/C30H37N3O5/c1-20-28(30(31)35)29(22-8-10-23(11-9-22)32-16-5-6-17-32)24(12-14-27(34)38-4)33(20)18-15-21-7-13-25(36-2)26(19-21)37-3/h7-11,13,19H,5-6,12,14-18H2,1-4H3,(H2,31,35). The number of benzene rings is 2. The lowest BCUT2D eigenvalue weighted by molar-refractivity contribution is -0.140. The average molecular weight is 520 g/mol. The predicted octanol–water partition coefficient (Wildman–Crippen LogP) is 4.53. The molecule has 8 nitrogen and oxygen atoms in total. The first-order valence-corrected chi connectivity index (χ1v) is 13.0. The number of ether oxygens (including phenoxy) is 3. The summed E-state index contributed by atoms with van der Waals surface area (Å²) in [6.45, 7) is 4.63. The molecule has 1 aliphatic heterocycles. The minimum Gasteiger partial charge on any atom is -0.493 e. The second-order valence-electron chi connectivity index (χ2n) is 9.55. The van der Waals surface area contributed by atoms with Gasteiger partial charge in [-0.25, -0.2) is 0 Å². The molecule has 0 bridgehead atoms. The molecule has 1 amide bonds. The summed E-state index contributed by atoms with van der Waals surface area (Å²) >= 11 is 0. The predicted molar refractivity (Wildman–Crippen MR) is 148 cm³/mol. The topological polar surface area (TPSA) is 96.0 Å². The first-order chi connectivity index (χ1) is 18.4. The van der Waals surface area contributed by atoms with Gasteiger partial charge in [-0.15, -0.1) is 0 Å². The fourth-order valence-electron chi connectivity index (χ4n) is 5.39. The molecule has 0 radical (unpaired) electrons. The summed E-state index contributed by atoms with van der Waals surface area (Å²) < 4.78 is 17.9. The molecule has 202 valence electrons. The smallest absolute Gasteiger partial charge is 0.305 e. The van der Waals surface area contributed by atoms with Gasteiger partial charge >= 0.3 is 5.97 Å². The summed E-state index contributed by atoms with van der Waals surface area (Å²) in [6.07, 6.45) is 3.72. The van der Waals surface area contributed by atoms with E-state index in [1.165, 1.54) is 25.6 Å². The van der Waals surface area contributed by atoms with Gasteiger partial charge < -0.3 is 29.4 Å². The quantitative estimate of drug-likeness (QED) is 0.374. The van der Waals surface area contributed by atoms with Crippen LogP contribution in [0.3, 0.4) is 0 Å². The summed E-state index contributed by atoms with van der Waals surface area (Å²) in [5.41, 5.74) is 12.1. The van der Waals surface area contributed by atoms with Crippen LogP contribution >= 0.6 is 0 Å². The van der Waals surface area contributed by atoms with Gasteiger partial charge in [0.05, 0.1) is 33.3 Å². The molecule has 1 aromatic heterocycles. The van der Waals surface area contributed by atoms with Gasteiger partial charge in [-0.3, -0.25) is 9.59 Å². The molecule has 4 rings (SSSR count). The number of aryl methyl sites for hydroxylation is 1. The van der Waals surface area contributed by atoms with E-state index in [2.05, 4.69) is 33.7 Å². The van der Waals surface area contributed by atoms with Crippen molar-refractivity contribution in [3.05, 3.63) is 65.0 Å². The molecule has 1 saturated heterocycles. The summed E-state index contributed by atoms with van der Waals surface area (Å²) in [4.78, 5) is 27.2. The van der Waals surface area contributed by atoms with Crippen LogP contribution < -0.4 is 20.1 Å². The zero-order chi connectivity index (χ0) is 27.2. The molecule has 2 heterocycles. The van der Waals surface area contributed by atoms with Crippen molar-refractivity contribution in [3.8, 4) is 22.6 Å². The SMILES string of the molecule is COC(=O)CCc1c(-c2ccc(N3CCCC3)cc2)c(C(N)=O)c(C)n1CCc1ccc(OC)c(OC)c1. The normalized spacial score (nSPS) is 13.0. The Morgan fingerprint density at radius 3 is 2.21 bits per heavy atom. The molecule has 0 spiro atoms. The van der Waals surface area contributed by atoms with Crippen molar-refractivity contribution < 1.29 is 23.8 Å². The minimum absolute atomic E-state index is 0.202. The number of nitrogens with zero attached hydrogens (tertiary/aromatic N) is 2. The fraction of sp³-hybridized carbons (Fsp3) is 0.400. The van der Waals surface area contributed by atoms with Crippen LogP contribution in [0, 0.1) is 6.92 Å². The number of anilines is 1. The van der Waals surface area contributed by atoms with Gasteiger partial charge in [0.2, 0.25) is 0 Å². The largest absolute Gasteiger partial charge is 0.493 e. The highest BCUT2D eigenvalue weighted by atomic mass is 16.5. The maximum Gasteiger partial charge on any atom is 0.305 e. The number of aromatic nitrogens is 1. The van der Waals surface area contributed by atoms with Gasteiger partial charge in [0.1, 0.15) is 0 Å². The lowest BCUT2D eigenvalue weighted by Gasteiger charge is -2.18. The zero-order valence-electron chi connectivity index (χ0n) is 22.7. The number of nitrogens with two attached hydrogens (primary N) is 1. The van der Waals surface area contributed by atoms with Crippen LogP contribution in [0.5, 0.6) is 11.5 Å². The van der Waals surface area contributed by atoms with Crippen molar-refractivity contribution in [2.24, 2.45) is 5.73 Å². The van der Waals surface area contributed by atoms with E-state index in [4.69, 9.17) is 19.9 Å². The number of primary amides is 1. The number of carbonyl (C=O) groups excluding carboxylic acids is 2. The van der Waals surface area contributed by atoms with Crippen LogP contribution in [0.1, 0.15) is 46.6 Å². The van der Waals surface area contributed by atoms with E-state index in [1.807, 2.05) is 25.1 Å².